The minimum atomic E-state index is -1.86. The van der Waals surface area contributed by atoms with E-state index in [-0.39, 0.29) is 31.6 Å². The summed E-state index contributed by atoms with van der Waals surface area (Å²) < 4.78 is 7.50. The molecule has 0 radical (unpaired) electrons. The summed E-state index contributed by atoms with van der Waals surface area (Å²) in [6, 6.07) is 27.7. The summed E-state index contributed by atoms with van der Waals surface area (Å²) in [5.41, 5.74) is 4.09. The van der Waals surface area contributed by atoms with Crippen LogP contribution < -0.4 is 19.9 Å². The second kappa shape index (κ2) is 18.7. The fraction of sp³-hybridized carbons (Fsp3) is 0.348. The number of carbonyl (C=O) groups excluding carboxylic acids is 2. The first-order valence-corrected chi connectivity index (χ1v) is 20.6. The molecule has 2 unspecified atom stereocenters. The van der Waals surface area contributed by atoms with Crippen LogP contribution in [0.5, 0.6) is 5.75 Å². The number of fused-ring (bicyclic) bond motifs is 2. The van der Waals surface area contributed by atoms with Crippen LogP contribution in [0, 0.1) is 5.92 Å². The van der Waals surface area contributed by atoms with Crippen LogP contribution in [0.25, 0.3) is 0 Å². The van der Waals surface area contributed by atoms with Crippen LogP contribution in [-0.4, -0.2) is 74.5 Å². The molecular weight excluding hydrogens is 768 g/mol. The SMILES string of the molecule is CCOc1ccc2c(c1)CC(NCCCCO)C(=O)N2c1ccc(CN2C(=O)[C@@](O)([C@@H](C)/C=C/CCn3cc(C(CO)c4ccccc4)nn3)c3cc(Cl)ccc32)cc1. The molecule has 0 spiro atoms. The van der Waals surface area contributed by atoms with E-state index < -0.39 is 23.5 Å². The minimum absolute atomic E-state index is 0.0736. The molecule has 3 heterocycles. The topological polar surface area (TPSA) is 153 Å². The first-order valence-electron chi connectivity index (χ1n) is 20.3. The van der Waals surface area contributed by atoms with Gasteiger partial charge in [0.15, 0.2) is 5.60 Å². The Morgan fingerprint density at radius 2 is 1.78 bits per heavy atom. The normalized spacial score (nSPS) is 18.6. The van der Waals surface area contributed by atoms with Crippen molar-refractivity contribution in [3.63, 3.8) is 0 Å². The van der Waals surface area contributed by atoms with Gasteiger partial charge in [-0.25, -0.2) is 0 Å². The van der Waals surface area contributed by atoms with E-state index in [1.165, 1.54) is 0 Å². The Kier molecular flexibility index (Phi) is 13.2. The number of amides is 2. The van der Waals surface area contributed by atoms with Gasteiger partial charge in [-0.05, 0) is 104 Å². The van der Waals surface area contributed by atoms with Crippen molar-refractivity contribution in [1.82, 2.24) is 20.3 Å². The van der Waals surface area contributed by atoms with Gasteiger partial charge in [0.05, 0.1) is 48.8 Å². The number of benzene rings is 4. The van der Waals surface area contributed by atoms with Crippen LogP contribution in [0.3, 0.4) is 0 Å². The molecule has 1 aromatic heterocycles. The van der Waals surface area contributed by atoms with E-state index in [2.05, 4.69) is 15.6 Å². The summed E-state index contributed by atoms with van der Waals surface area (Å²) in [5, 5.41) is 43.9. The quantitative estimate of drug-likeness (QED) is 0.0580. The van der Waals surface area contributed by atoms with Gasteiger partial charge in [-0.15, -0.1) is 5.10 Å². The largest absolute Gasteiger partial charge is 0.494 e. The van der Waals surface area contributed by atoms with Gasteiger partial charge in [0.1, 0.15) is 5.75 Å². The smallest absolute Gasteiger partial charge is 0.264 e. The van der Waals surface area contributed by atoms with Gasteiger partial charge in [-0.1, -0.05) is 78.4 Å². The molecule has 12 nitrogen and oxygen atoms in total. The van der Waals surface area contributed by atoms with E-state index in [1.54, 1.807) is 32.7 Å². The third kappa shape index (κ3) is 8.83. The summed E-state index contributed by atoms with van der Waals surface area (Å²) in [5.74, 6) is -0.648. The van der Waals surface area contributed by atoms with Gasteiger partial charge in [0, 0.05) is 41.5 Å². The number of nitrogens with one attached hydrogen (secondary N) is 1. The zero-order valence-corrected chi connectivity index (χ0v) is 34.1. The number of aliphatic hydroxyl groups is 3. The maximum Gasteiger partial charge on any atom is 0.264 e. The molecule has 308 valence electrons. The van der Waals surface area contributed by atoms with Crippen LogP contribution in [0.2, 0.25) is 5.02 Å². The van der Waals surface area contributed by atoms with Gasteiger partial charge in [0.25, 0.3) is 5.91 Å². The third-order valence-corrected chi connectivity index (χ3v) is 11.4. The number of hydrogen-bond donors (Lipinski definition) is 4. The van der Waals surface area contributed by atoms with Crippen molar-refractivity contribution >= 4 is 40.5 Å². The number of allylic oxidation sites excluding steroid dienone is 1. The lowest BCUT2D eigenvalue weighted by atomic mass is 9.83. The predicted octanol–water partition coefficient (Wildman–Crippen LogP) is 6.42. The number of anilines is 3. The van der Waals surface area contributed by atoms with Crippen LogP contribution in [0.15, 0.2) is 109 Å². The highest BCUT2D eigenvalue weighted by Crippen LogP contribution is 2.47. The molecule has 2 aliphatic heterocycles. The molecule has 0 bridgehead atoms. The standard InChI is InChI=1S/C46H51ClN6O6/c1-3-59-37-19-21-42-34(25-37)26-40(48-22-8-10-24-54)44(56)53(42)36-17-14-32(15-18-36)28-52-43-20-16-35(47)27-39(43)46(58,45(52)57)31(2)11-7-9-23-51-29-41(49-50-51)38(30-55)33-12-5-4-6-13-33/h4-7,11-21,25,27,29,31,38,40,48,54-55,58H,3,8-10,22-24,26,28,30H2,1-2H3/b11-7+/t31-,38?,40?,46+/m0/s1. The highest BCUT2D eigenvalue weighted by Gasteiger charge is 2.52. The maximum absolute atomic E-state index is 14.3. The Bertz CT molecular complexity index is 2270. The van der Waals surface area contributed by atoms with E-state index in [0.717, 1.165) is 34.5 Å². The number of hydrogen-bond acceptors (Lipinski definition) is 9. The molecule has 4 atom stereocenters. The monoisotopic (exact) mass is 818 g/mol. The maximum atomic E-state index is 14.3. The van der Waals surface area contributed by atoms with E-state index in [4.69, 9.17) is 16.3 Å². The number of aryl methyl sites for hydroxylation is 1. The summed E-state index contributed by atoms with van der Waals surface area (Å²) >= 11 is 6.45. The fourth-order valence-corrected chi connectivity index (χ4v) is 8.19. The number of aromatic nitrogens is 3. The number of ether oxygens (including phenoxy) is 1. The highest BCUT2D eigenvalue weighted by atomic mass is 35.5. The van der Waals surface area contributed by atoms with Crippen molar-refractivity contribution in [2.45, 2.75) is 70.2 Å². The first-order chi connectivity index (χ1) is 28.7. The summed E-state index contributed by atoms with van der Waals surface area (Å²) in [4.78, 5) is 31.6. The molecule has 4 N–H and O–H groups in total. The molecule has 4 aromatic carbocycles. The zero-order chi connectivity index (χ0) is 41.5. The summed E-state index contributed by atoms with van der Waals surface area (Å²) in [7, 11) is 0. The van der Waals surface area contributed by atoms with Crippen molar-refractivity contribution in [2.75, 3.05) is 36.2 Å². The number of nitrogens with zero attached hydrogens (tertiary/aromatic N) is 5. The van der Waals surface area contributed by atoms with Crippen LogP contribution in [-0.2, 0) is 34.7 Å². The number of carbonyl (C=O) groups is 2. The van der Waals surface area contributed by atoms with Crippen molar-refractivity contribution in [3.05, 3.63) is 142 Å². The van der Waals surface area contributed by atoms with Crippen LogP contribution in [0.1, 0.15) is 67.0 Å². The van der Waals surface area contributed by atoms with Gasteiger partial charge >= 0.3 is 0 Å². The second-order valence-electron chi connectivity index (χ2n) is 15.1. The van der Waals surface area contributed by atoms with Gasteiger partial charge < -0.3 is 30.3 Å². The zero-order valence-electron chi connectivity index (χ0n) is 33.4. The van der Waals surface area contributed by atoms with Crippen LogP contribution >= 0.6 is 11.6 Å². The van der Waals surface area contributed by atoms with Gasteiger partial charge in [0.2, 0.25) is 5.91 Å². The van der Waals surface area contributed by atoms with Crippen molar-refractivity contribution < 1.29 is 29.6 Å². The van der Waals surface area contributed by atoms with E-state index in [9.17, 15) is 24.9 Å². The van der Waals surface area contributed by atoms with Gasteiger partial charge in [-0.3, -0.25) is 19.2 Å². The molecule has 0 saturated carbocycles. The molecular formula is C46H51ClN6O6. The first kappa shape index (κ1) is 41.8. The molecule has 7 rings (SSSR count). The minimum Gasteiger partial charge on any atom is -0.494 e. The molecule has 0 saturated heterocycles. The van der Waals surface area contributed by atoms with E-state index >= 15 is 0 Å². The number of halogens is 1. The lowest BCUT2D eigenvalue weighted by Crippen LogP contribution is -2.49. The number of rotatable bonds is 18. The summed E-state index contributed by atoms with van der Waals surface area (Å²) in [6.45, 7) is 5.62. The Balaban J connectivity index is 1.06. The Labute approximate surface area is 349 Å². The Hall–Kier alpha value is -5.37. The predicted molar refractivity (Wildman–Crippen MR) is 228 cm³/mol. The number of aliphatic hydroxyl groups excluding tert-OH is 2. The molecule has 5 aromatic rings. The van der Waals surface area contributed by atoms with Gasteiger partial charge in [-0.2, -0.15) is 0 Å². The molecule has 59 heavy (non-hydrogen) atoms. The molecule has 2 amide bonds. The van der Waals surface area contributed by atoms with E-state index in [0.29, 0.717) is 66.6 Å². The molecule has 13 heteroatoms. The number of unbranched alkanes of at least 4 members (excludes halogenated alkanes) is 1. The lowest BCUT2D eigenvalue weighted by Gasteiger charge is -2.35. The lowest BCUT2D eigenvalue weighted by molar-refractivity contribution is -0.139. The fourth-order valence-electron chi connectivity index (χ4n) is 8.01. The van der Waals surface area contributed by atoms with Crippen molar-refractivity contribution in [3.8, 4) is 5.75 Å². The van der Waals surface area contributed by atoms with Crippen LogP contribution in [0.4, 0.5) is 17.1 Å². The van der Waals surface area contributed by atoms with E-state index in [1.807, 2.05) is 105 Å². The average molecular weight is 819 g/mol. The van der Waals surface area contributed by atoms with Crippen molar-refractivity contribution in [2.24, 2.45) is 5.92 Å². The molecule has 0 aliphatic carbocycles. The highest BCUT2D eigenvalue weighted by molar-refractivity contribution is 6.31. The second-order valence-corrected chi connectivity index (χ2v) is 15.5. The summed E-state index contributed by atoms with van der Waals surface area (Å²) in [6.07, 6.45) is 8.11. The Morgan fingerprint density at radius 1 is 1.00 bits per heavy atom. The Morgan fingerprint density at radius 3 is 2.53 bits per heavy atom. The van der Waals surface area contributed by atoms with Crippen molar-refractivity contribution in [1.29, 1.82) is 0 Å². The molecule has 0 fully saturated rings. The third-order valence-electron chi connectivity index (χ3n) is 11.2. The average Bonchev–Trinajstić information content (AvgIpc) is 3.79. The molecule has 2 aliphatic rings.